The first-order valence-corrected chi connectivity index (χ1v) is 7.22. The lowest BCUT2D eigenvalue weighted by Crippen LogP contribution is -2.16. The highest BCUT2D eigenvalue weighted by molar-refractivity contribution is 9.10. The molecular weight excluding hydrogens is 344 g/mol. The Morgan fingerprint density at radius 3 is 2.40 bits per heavy atom. The first-order chi connectivity index (χ1) is 9.66. The van der Waals surface area contributed by atoms with Crippen molar-refractivity contribution in [2.75, 3.05) is 13.2 Å². The number of benzene rings is 2. The van der Waals surface area contributed by atoms with E-state index in [-0.39, 0.29) is 5.78 Å². The van der Waals surface area contributed by atoms with Crippen LogP contribution in [0, 0.1) is 0 Å². The van der Waals surface area contributed by atoms with Crippen molar-refractivity contribution >= 4 is 33.3 Å². The summed E-state index contributed by atoms with van der Waals surface area (Å²) in [4.78, 5) is 12.6. The van der Waals surface area contributed by atoms with Gasteiger partial charge in [0.2, 0.25) is 0 Å². The largest absolute Gasteiger partial charge is 0.486 e. The van der Waals surface area contributed by atoms with E-state index in [1.807, 2.05) is 0 Å². The molecule has 0 spiro atoms. The maximum Gasteiger partial charge on any atom is 0.195 e. The maximum absolute atomic E-state index is 12.6. The van der Waals surface area contributed by atoms with Gasteiger partial charge in [-0.05, 0) is 40.2 Å². The van der Waals surface area contributed by atoms with Gasteiger partial charge < -0.3 is 9.47 Å². The topological polar surface area (TPSA) is 35.5 Å². The van der Waals surface area contributed by atoms with Crippen LogP contribution in [0.5, 0.6) is 11.5 Å². The summed E-state index contributed by atoms with van der Waals surface area (Å²) in [5, 5.41) is 0.430. The normalized spacial score (nSPS) is 13.1. The van der Waals surface area contributed by atoms with E-state index >= 15 is 0 Å². The van der Waals surface area contributed by atoms with Gasteiger partial charge in [0, 0.05) is 15.6 Å². The van der Waals surface area contributed by atoms with Gasteiger partial charge in [-0.2, -0.15) is 0 Å². The van der Waals surface area contributed by atoms with Crippen LogP contribution < -0.4 is 9.47 Å². The molecule has 0 amide bonds. The molecule has 2 aromatic carbocycles. The third-order valence-electron chi connectivity index (χ3n) is 2.99. The summed E-state index contributed by atoms with van der Waals surface area (Å²) in [6, 6.07) is 10.4. The quantitative estimate of drug-likeness (QED) is 0.762. The minimum Gasteiger partial charge on any atom is -0.486 e. The Balaban J connectivity index is 2.06. The molecule has 0 atom stereocenters. The van der Waals surface area contributed by atoms with Crippen LogP contribution in [0.25, 0.3) is 0 Å². The second kappa shape index (κ2) is 5.46. The molecule has 0 saturated carbocycles. The van der Waals surface area contributed by atoms with Gasteiger partial charge in [0.25, 0.3) is 0 Å². The van der Waals surface area contributed by atoms with E-state index < -0.39 is 0 Å². The Morgan fingerprint density at radius 2 is 1.70 bits per heavy atom. The molecule has 0 aromatic heterocycles. The van der Waals surface area contributed by atoms with Gasteiger partial charge in [0.05, 0.1) is 5.02 Å². The second-order valence-electron chi connectivity index (χ2n) is 4.28. The van der Waals surface area contributed by atoms with Crippen LogP contribution in [-0.2, 0) is 0 Å². The van der Waals surface area contributed by atoms with Gasteiger partial charge >= 0.3 is 0 Å². The van der Waals surface area contributed by atoms with E-state index in [4.69, 9.17) is 21.1 Å². The van der Waals surface area contributed by atoms with Crippen LogP contribution in [0.15, 0.2) is 40.9 Å². The molecule has 3 rings (SSSR count). The average molecular weight is 354 g/mol. The van der Waals surface area contributed by atoms with Gasteiger partial charge in [0.15, 0.2) is 17.3 Å². The molecule has 102 valence electrons. The van der Waals surface area contributed by atoms with Crippen LogP contribution in [0.2, 0.25) is 5.02 Å². The van der Waals surface area contributed by atoms with Gasteiger partial charge in [0.1, 0.15) is 13.2 Å². The highest BCUT2D eigenvalue weighted by Crippen LogP contribution is 2.36. The van der Waals surface area contributed by atoms with Gasteiger partial charge in [-0.1, -0.05) is 23.7 Å². The molecule has 20 heavy (non-hydrogen) atoms. The molecule has 0 radical (unpaired) electrons. The van der Waals surface area contributed by atoms with Crippen molar-refractivity contribution in [1.29, 1.82) is 0 Å². The van der Waals surface area contributed by atoms with E-state index in [1.54, 1.807) is 36.4 Å². The molecule has 1 aliphatic heterocycles. The van der Waals surface area contributed by atoms with Crippen LogP contribution in [0.1, 0.15) is 15.9 Å². The number of rotatable bonds is 2. The molecule has 1 aliphatic rings. The minimum absolute atomic E-state index is 0.153. The van der Waals surface area contributed by atoms with Crippen molar-refractivity contribution in [3.05, 3.63) is 57.0 Å². The molecule has 2 aromatic rings. The van der Waals surface area contributed by atoms with E-state index in [2.05, 4.69) is 15.9 Å². The van der Waals surface area contributed by atoms with Crippen molar-refractivity contribution in [2.24, 2.45) is 0 Å². The highest BCUT2D eigenvalue weighted by Gasteiger charge is 2.20. The Hall–Kier alpha value is -1.52. The second-order valence-corrected chi connectivity index (χ2v) is 5.55. The van der Waals surface area contributed by atoms with Gasteiger partial charge in [-0.3, -0.25) is 4.79 Å². The Labute approximate surface area is 129 Å². The number of hydrogen-bond acceptors (Lipinski definition) is 3. The van der Waals surface area contributed by atoms with Crippen molar-refractivity contribution in [1.82, 2.24) is 0 Å². The summed E-state index contributed by atoms with van der Waals surface area (Å²) in [7, 11) is 0. The van der Waals surface area contributed by atoms with Crippen molar-refractivity contribution < 1.29 is 14.3 Å². The third kappa shape index (κ3) is 2.41. The Kier molecular flexibility index (Phi) is 3.68. The highest BCUT2D eigenvalue weighted by atomic mass is 79.9. The van der Waals surface area contributed by atoms with E-state index in [9.17, 15) is 4.79 Å². The first kappa shape index (κ1) is 13.5. The monoisotopic (exact) mass is 352 g/mol. The minimum atomic E-state index is -0.153. The molecule has 0 fully saturated rings. The molecule has 3 nitrogen and oxygen atoms in total. The summed E-state index contributed by atoms with van der Waals surface area (Å²) in [5.41, 5.74) is 0.967. The number of ether oxygens (including phenoxy) is 2. The summed E-state index contributed by atoms with van der Waals surface area (Å²) in [5.74, 6) is 1.06. The maximum atomic E-state index is 12.6. The van der Waals surface area contributed by atoms with Crippen LogP contribution >= 0.6 is 27.5 Å². The standard InChI is InChI=1S/C15H10BrClO3/c16-11-8-14-13(19-5-6-20-14)7-10(11)15(18)9-3-1-2-4-12(9)17/h1-4,7-8H,5-6H2. The third-order valence-corrected chi connectivity index (χ3v) is 3.98. The average Bonchev–Trinajstić information content (AvgIpc) is 2.46. The predicted octanol–water partition coefficient (Wildman–Crippen LogP) is 4.10. The van der Waals surface area contributed by atoms with Crippen LogP contribution in [0.3, 0.4) is 0 Å². The zero-order valence-electron chi connectivity index (χ0n) is 10.4. The number of halogens is 2. The van der Waals surface area contributed by atoms with Crippen molar-refractivity contribution in [2.45, 2.75) is 0 Å². The molecule has 1 heterocycles. The number of hydrogen-bond donors (Lipinski definition) is 0. The zero-order valence-corrected chi connectivity index (χ0v) is 12.7. The molecule has 5 heteroatoms. The SMILES string of the molecule is O=C(c1ccccc1Cl)c1cc2c(cc1Br)OCCO2. The molecule has 0 aliphatic carbocycles. The van der Waals surface area contributed by atoms with E-state index in [0.29, 0.717) is 45.3 Å². The molecule has 0 saturated heterocycles. The first-order valence-electron chi connectivity index (χ1n) is 6.05. The fraction of sp³-hybridized carbons (Fsp3) is 0.133. The summed E-state index contributed by atoms with van der Waals surface area (Å²) < 4.78 is 11.6. The summed E-state index contributed by atoms with van der Waals surface area (Å²) >= 11 is 9.47. The van der Waals surface area contributed by atoms with Gasteiger partial charge in [-0.25, -0.2) is 0 Å². The van der Waals surface area contributed by atoms with E-state index in [1.165, 1.54) is 0 Å². The van der Waals surface area contributed by atoms with Crippen molar-refractivity contribution in [3.63, 3.8) is 0 Å². The van der Waals surface area contributed by atoms with Gasteiger partial charge in [-0.15, -0.1) is 0 Å². The fourth-order valence-electron chi connectivity index (χ4n) is 2.03. The molecule has 0 bridgehead atoms. The fourth-order valence-corrected chi connectivity index (χ4v) is 2.75. The smallest absolute Gasteiger partial charge is 0.195 e. The molecule has 0 unspecified atom stereocenters. The van der Waals surface area contributed by atoms with E-state index in [0.717, 1.165) is 0 Å². The Bertz CT molecular complexity index is 685. The predicted molar refractivity (Wildman–Crippen MR) is 80.0 cm³/mol. The van der Waals surface area contributed by atoms with Crippen LogP contribution in [-0.4, -0.2) is 19.0 Å². The lowest BCUT2D eigenvalue weighted by atomic mass is 10.0. The van der Waals surface area contributed by atoms with Crippen molar-refractivity contribution in [3.8, 4) is 11.5 Å². The number of carbonyl (C=O) groups is 1. The molecular formula is C15H10BrClO3. The number of ketones is 1. The lowest BCUT2D eigenvalue weighted by Gasteiger charge is -2.19. The molecule has 0 N–H and O–H groups in total. The lowest BCUT2D eigenvalue weighted by molar-refractivity contribution is 0.103. The number of fused-ring (bicyclic) bond motifs is 1. The number of carbonyl (C=O) groups excluding carboxylic acids is 1. The summed E-state index contributed by atoms with van der Waals surface area (Å²) in [6.45, 7) is 0.992. The van der Waals surface area contributed by atoms with Crippen LogP contribution in [0.4, 0.5) is 0 Å². The zero-order chi connectivity index (χ0) is 14.1. The Morgan fingerprint density at radius 1 is 1.05 bits per heavy atom. The summed E-state index contributed by atoms with van der Waals surface area (Å²) in [6.07, 6.45) is 0.